The fourth-order valence-corrected chi connectivity index (χ4v) is 2.62. The zero-order valence-corrected chi connectivity index (χ0v) is 12.1. The molecule has 0 saturated heterocycles. The van der Waals surface area contributed by atoms with E-state index in [9.17, 15) is 0 Å². The minimum atomic E-state index is 0.0716. The van der Waals surface area contributed by atoms with Crippen molar-refractivity contribution in [3.05, 3.63) is 22.7 Å². The number of hydrogen-bond acceptors (Lipinski definition) is 3. The first-order valence-electron chi connectivity index (χ1n) is 6.20. The summed E-state index contributed by atoms with van der Waals surface area (Å²) < 4.78 is 11.1. The minimum absolute atomic E-state index is 0.0716. The van der Waals surface area contributed by atoms with E-state index in [4.69, 9.17) is 21.1 Å². The highest BCUT2D eigenvalue weighted by molar-refractivity contribution is 6.31. The third kappa shape index (κ3) is 2.57. The van der Waals surface area contributed by atoms with Crippen LogP contribution < -0.4 is 14.8 Å². The van der Waals surface area contributed by atoms with Crippen LogP contribution in [0.5, 0.6) is 11.5 Å². The van der Waals surface area contributed by atoms with Crippen molar-refractivity contribution in [3.8, 4) is 11.5 Å². The second-order valence-corrected chi connectivity index (χ2v) is 6.01. The van der Waals surface area contributed by atoms with Crippen LogP contribution in [0.1, 0.15) is 32.4 Å². The number of benzene rings is 1. The van der Waals surface area contributed by atoms with Gasteiger partial charge in [-0.15, -0.1) is 0 Å². The third-order valence-corrected chi connectivity index (χ3v) is 3.45. The van der Waals surface area contributed by atoms with Crippen LogP contribution in [0.25, 0.3) is 0 Å². The van der Waals surface area contributed by atoms with Crippen LogP contribution in [0.4, 0.5) is 0 Å². The minimum Gasteiger partial charge on any atom is -0.486 e. The Morgan fingerprint density at radius 2 is 1.72 bits per heavy atom. The maximum Gasteiger partial charge on any atom is 0.162 e. The van der Waals surface area contributed by atoms with Crippen molar-refractivity contribution in [2.75, 3.05) is 20.3 Å². The Labute approximate surface area is 113 Å². The number of rotatable bonds is 2. The summed E-state index contributed by atoms with van der Waals surface area (Å²) in [5, 5.41) is 4.04. The van der Waals surface area contributed by atoms with Crippen LogP contribution in [0.3, 0.4) is 0 Å². The van der Waals surface area contributed by atoms with Gasteiger partial charge < -0.3 is 14.8 Å². The maximum atomic E-state index is 6.37. The predicted molar refractivity (Wildman–Crippen MR) is 73.7 cm³/mol. The van der Waals surface area contributed by atoms with E-state index in [0.29, 0.717) is 18.2 Å². The molecule has 0 radical (unpaired) electrons. The normalized spacial score (nSPS) is 16.5. The van der Waals surface area contributed by atoms with Crippen LogP contribution in [-0.4, -0.2) is 20.3 Å². The average molecular weight is 270 g/mol. The Balaban J connectivity index is 2.44. The Bertz CT molecular complexity index is 440. The molecule has 0 bridgehead atoms. The van der Waals surface area contributed by atoms with Crippen molar-refractivity contribution < 1.29 is 9.47 Å². The molecule has 1 N–H and O–H groups in total. The molecular formula is C14H20ClNO2. The van der Waals surface area contributed by atoms with Gasteiger partial charge in [-0.2, -0.15) is 0 Å². The monoisotopic (exact) mass is 269 g/mol. The summed E-state index contributed by atoms with van der Waals surface area (Å²) in [4.78, 5) is 0. The van der Waals surface area contributed by atoms with Gasteiger partial charge in [-0.25, -0.2) is 0 Å². The highest BCUT2D eigenvalue weighted by Crippen LogP contribution is 2.42. The number of ether oxygens (including phenoxy) is 2. The summed E-state index contributed by atoms with van der Waals surface area (Å²) in [6, 6.07) is 4.01. The molecule has 0 amide bonds. The van der Waals surface area contributed by atoms with Gasteiger partial charge in [-0.3, -0.25) is 0 Å². The van der Waals surface area contributed by atoms with E-state index in [2.05, 4.69) is 26.1 Å². The molecule has 0 spiro atoms. The van der Waals surface area contributed by atoms with E-state index >= 15 is 0 Å². The molecule has 1 aliphatic heterocycles. The number of fused-ring (bicyclic) bond motifs is 1. The smallest absolute Gasteiger partial charge is 0.162 e. The second-order valence-electron chi connectivity index (χ2n) is 5.61. The van der Waals surface area contributed by atoms with Gasteiger partial charge in [0.15, 0.2) is 11.5 Å². The Kier molecular flexibility index (Phi) is 3.74. The van der Waals surface area contributed by atoms with Crippen molar-refractivity contribution >= 4 is 11.6 Å². The SMILES string of the molecule is CNC(c1cc2c(cc1Cl)OCCO2)C(C)(C)C. The summed E-state index contributed by atoms with van der Waals surface area (Å²) in [6.45, 7) is 7.72. The fourth-order valence-electron chi connectivity index (χ4n) is 2.36. The highest BCUT2D eigenvalue weighted by atomic mass is 35.5. The lowest BCUT2D eigenvalue weighted by Crippen LogP contribution is -2.30. The van der Waals surface area contributed by atoms with Gasteiger partial charge in [-0.1, -0.05) is 32.4 Å². The van der Waals surface area contributed by atoms with E-state index in [-0.39, 0.29) is 11.5 Å². The molecule has 2 rings (SSSR count). The van der Waals surface area contributed by atoms with Crippen molar-refractivity contribution in [1.82, 2.24) is 5.32 Å². The van der Waals surface area contributed by atoms with Gasteiger partial charge in [-0.05, 0) is 24.1 Å². The molecule has 1 unspecified atom stereocenters. The van der Waals surface area contributed by atoms with Crippen LogP contribution >= 0.6 is 11.6 Å². The summed E-state index contributed by atoms with van der Waals surface area (Å²) in [5.74, 6) is 1.52. The van der Waals surface area contributed by atoms with Crippen LogP contribution in [0.15, 0.2) is 12.1 Å². The van der Waals surface area contributed by atoms with E-state index in [1.165, 1.54) is 0 Å². The average Bonchev–Trinajstić information content (AvgIpc) is 2.29. The molecule has 0 aliphatic carbocycles. The Morgan fingerprint density at radius 1 is 1.17 bits per heavy atom. The zero-order chi connectivity index (χ0) is 13.3. The lowest BCUT2D eigenvalue weighted by molar-refractivity contribution is 0.171. The van der Waals surface area contributed by atoms with Crippen LogP contribution in [-0.2, 0) is 0 Å². The summed E-state index contributed by atoms with van der Waals surface area (Å²) in [7, 11) is 1.95. The first-order chi connectivity index (χ1) is 8.43. The van der Waals surface area contributed by atoms with Crippen molar-refractivity contribution in [1.29, 1.82) is 0 Å². The number of hydrogen-bond donors (Lipinski definition) is 1. The quantitative estimate of drug-likeness (QED) is 0.892. The number of halogens is 1. The largest absolute Gasteiger partial charge is 0.486 e. The highest BCUT2D eigenvalue weighted by Gasteiger charge is 2.28. The van der Waals surface area contributed by atoms with Gasteiger partial charge in [0.1, 0.15) is 13.2 Å². The second kappa shape index (κ2) is 4.98. The number of nitrogens with one attached hydrogen (secondary N) is 1. The molecule has 0 aromatic heterocycles. The van der Waals surface area contributed by atoms with E-state index in [0.717, 1.165) is 17.1 Å². The Hall–Kier alpha value is -0.930. The first kappa shape index (κ1) is 13.5. The van der Waals surface area contributed by atoms with Gasteiger partial charge in [0, 0.05) is 17.1 Å². The van der Waals surface area contributed by atoms with Crippen molar-refractivity contribution in [2.24, 2.45) is 5.41 Å². The Morgan fingerprint density at radius 3 is 2.22 bits per heavy atom. The molecule has 1 aromatic carbocycles. The van der Waals surface area contributed by atoms with E-state index < -0.39 is 0 Å². The van der Waals surface area contributed by atoms with Crippen LogP contribution in [0.2, 0.25) is 5.02 Å². The van der Waals surface area contributed by atoms with Gasteiger partial charge in [0.25, 0.3) is 0 Å². The molecule has 100 valence electrons. The third-order valence-electron chi connectivity index (χ3n) is 3.13. The molecule has 0 fully saturated rings. The van der Waals surface area contributed by atoms with E-state index in [1.807, 2.05) is 19.2 Å². The lowest BCUT2D eigenvalue weighted by Gasteiger charge is -2.32. The van der Waals surface area contributed by atoms with Gasteiger partial charge >= 0.3 is 0 Å². The molecule has 18 heavy (non-hydrogen) atoms. The molecule has 1 aromatic rings. The first-order valence-corrected chi connectivity index (χ1v) is 6.57. The van der Waals surface area contributed by atoms with Crippen molar-refractivity contribution in [3.63, 3.8) is 0 Å². The van der Waals surface area contributed by atoms with Gasteiger partial charge in [0.2, 0.25) is 0 Å². The molecule has 1 aliphatic rings. The summed E-state index contributed by atoms with van der Waals surface area (Å²) in [6.07, 6.45) is 0. The fraction of sp³-hybridized carbons (Fsp3) is 0.571. The van der Waals surface area contributed by atoms with Gasteiger partial charge in [0.05, 0.1) is 0 Å². The van der Waals surface area contributed by atoms with Crippen molar-refractivity contribution in [2.45, 2.75) is 26.8 Å². The summed E-state index contributed by atoms with van der Waals surface area (Å²) in [5.41, 5.74) is 1.12. The predicted octanol–water partition coefficient (Wildman–Crippen LogP) is 3.42. The molecule has 3 nitrogen and oxygen atoms in total. The lowest BCUT2D eigenvalue weighted by atomic mass is 9.82. The standard InChI is InChI=1S/C14H20ClNO2/c1-14(2,3)13(16-4)9-7-11-12(8-10(9)15)18-6-5-17-11/h7-8,13,16H,5-6H2,1-4H3. The topological polar surface area (TPSA) is 30.5 Å². The molecule has 1 heterocycles. The molecule has 4 heteroatoms. The van der Waals surface area contributed by atoms with E-state index in [1.54, 1.807) is 0 Å². The zero-order valence-electron chi connectivity index (χ0n) is 11.3. The maximum absolute atomic E-state index is 6.37. The molecule has 0 saturated carbocycles. The summed E-state index contributed by atoms with van der Waals surface area (Å²) >= 11 is 6.37. The molecule has 1 atom stereocenters. The molecular weight excluding hydrogens is 250 g/mol. The van der Waals surface area contributed by atoms with Crippen LogP contribution in [0, 0.1) is 5.41 Å².